The normalized spacial score (nSPS) is 11.7. The molecule has 20 heavy (non-hydrogen) atoms. The second kappa shape index (κ2) is 6.21. The minimum Gasteiger partial charge on any atom is -0.292 e. The predicted octanol–water partition coefficient (Wildman–Crippen LogP) is 4.90. The Labute approximate surface area is 131 Å². The molecular weight excluding hydrogens is 338 g/mol. The molecule has 0 aliphatic rings. The molecule has 0 spiro atoms. The van der Waals surface area contributed by atoms with E-state index in [1.807, 2.05) is 13.0 Å². The standard InChI is InChI=1S/C16H11BrClNO/c1-10-5-12(7-13(17)6-10)16(20)15(9-19)11-3-2-4-14(18)8-11/h2-8,15H,1H3. The highest BCUT2D eigenvalue weighted by molar-refractivity contribution is 9.10. The second-order valence-corrected chi connectivity index (χ2v) is 5.85. The summed E-state index contributed by atoms with van der Waals surface area (Å²) in [5.41, 5.74) is 2.09. The highest BCUT2D eigenvalue weighted by Crippen LogP contribution is 2.25. The SMILES string of the molecule is Cc1cc(Br)cc(C(=O)C(C#N)c2cccc(Cl)c2)c1. The van der Waals surface area contributed by atoms with Gasteiger partial charge in [-0.2, -0.15) is 5.26 Å². The number of carbonyl (C=O) groups is 1. The summed E-state index contributed by atoms with van der Waals surface area (Å²) in [7, 11) is 0. The van der Waals surface area contributed by atoms with Crippen molar-refractivity contribution in [2.75, 3.05) is 0 Å². The third-order valence-corrected chi connectivity index (χ3v) is 3.59. The van der Waals surface area contributed by atoms with Gasteiger partial charge >= 0.3 is 0 Å². The van der Waals surface area contributed by atoms with E-state index in [2.05, 4.69) is 22.0 Å². The van der Waals surface area contributed by atoms with Crippen molar-refractivity contribution < 1.29 is 4.79 Å². The Morgan fingerprint density at radius 3 is 2.65 bits per heavy atom. The summed E-state index contributed by atoms with van der Waals surface area (Å²) in [6.45, 7) is 1.91. The van der Waals surface area contributed by atoms with Crippen molar-refractivity contribution in [3.8, 4) is 6.07 Å². The molecule has 0 N–H and O–H groups in total. The van der Waals surface area contributed by atoms with Crippen LogP contribution in [-0.2, 0) is 0 Å². The van der Waals surface area contributed by atoms with Gasteiger partial charge in [0.05, 0.1) is 6.07 Å². The lowest BCUT2D eigenvalue weighted by Gasteiger charge is -2.10. The molecule has 0 heterocycles. The van der Waals surface area contributed by atoms with Gasteiger partial charge in [0.15, 0.2) is 5.78 Å². The van der Waals surface area contributed by atoms with Crippen LogP contribution in [-0.4, -0.2) is 5.78 Å². The molecule has 1 unspecified atom stereocenters. The minimum atomic E-state index is -0.845. The van der Waals surface area contributed by atoms with Crippen molar-refractivity contribution in [3.05, 3.63) is 68.7 Å². The van der Waals surface area contributed by atoms with Crippen LogP contribution in [0.15, 0.2) is 46.9 Å². The van der Waals surface area contributed by atoms with E-state index in [9.17, 15) is 10.1 Å². The summed E-state index contributed by atoms with van der Waals surface area (Å²) in [6.07, 6.45) is 0. The number of ketones is 1. The molecule has 2 aromatic rings. The van der Waals surface area contributed by atoms with Crippen LogP contribution in [0.25, 0.3) is 0 Å². The summed E-state index contributed by atoms with van der Waals surface area (Å²) in [5, 5.41) is 9.83. The summed E-state index contributed by atoms with van der Waals surface area (Å²) in [5.74, 6) is -1.07. The van der Waals surface area contributed by atoms with Crippen LogP contribution in [0.5, 0.6) is 0 Å². The zero-order chi connectivity index (χ0) is 14.7. The Hall–Kier alpha value is -1.63. The van der Waals surface area contributed by atoms with Gasteiger partial charge in [0.1, 0.15) is 5.92 Å². The first-order valence-corrected chi connectivity index (χ1v) is 7.15. The highest BCUT2D eigenvalue weighted by atomic mass is 79.9. The molecule has 100 valence electrons. The number of rotatable bonds is 3. The van der Waals surface area contributed by atoms with Crippen molar-refractivity contribution >= 4 is 33.3 Å². The molecule has 0 saturated carbocycles. The zero-order valence-electron chi connectivity index (χ0n) is 10.7. The fourth-order valence-corrected chi connectivity index (χ4v) is 2.82. The Bertz CT molecular complexity index is 686. The number of benzene rings is 2. The molecule has 0 fully saturated rings. The van der Waals surface area contributed by atoms with Gasteiger partial charge in [-0.3, -0.25) is 4.79 Å². The first-order chi connectivity index (χ1) is 9.51. The Morgan fingerprint density at radius 1 is 1.30 bits per heavy atom. The number of Topliss-reactive ketones (excluding diaryl/α,β-unsaturated/α-hetero) is 1. The third-order valence-electron chi connectivity index (χ3n) is 2.90. The summed E-state index contributed by atoms with van der Waals surface area (Å²) >= 11 is 9.28. The molecule has 0 aliphatic heterocycles. The predicted molar refractivity (Wildman–Crippen MR) is 83.0 cm³/mol. The van der Waals surface area contributed by atoms with Crippen LogP contribution in [0, 0.1) is 18.3 Å². The molecule has 0 aromatic heterocycles. The fourth-order valence-electron chi connectivity index (χ4n) is 2.02. The average molecular weight is 349 g/mol. The van der Waals surface area contributed by atoms with Gasteiger partial charge in [-0.15, -0.1) is 0 Å². The van der Waals surface area contributed by atoms with Crippen molar-refractivity contribution in [1.82, 2.24) is 0 Å². The number of hydrogen-bond acceptors (Lipinski definition) is 2. The van der Waals surface area contributed by atoms with Crippen LogP contribution in [0.1, 0.15) is 27.4 Å². The molecule has 0 aliphatic carbocycles. The van der Waals surface area contributed by atoms with Gasteiger partial charge in [-0.1, -0.05) is 39.7 Å². The maximum absolute atomic E-state index is 12.5. The molecule has 4 heteroatoms. The van der Waals surface area contributed by atoms with Gasteiger partial charge < -0.3 is 0 Å². The molecule has 2 nitrogen and oxygen atoms in total. The molecular formula is C16H11BrClNO. The van der Waals surface area contributed by atoms with E-state index in [4.69, 9.17) is 11.6 Å². The van der Waals surface area contributed by atoms with E-state index in [0.717, 1.165) is 10.0 Å². The van der Waals surface area contributed by atoms with E-state index in [1.54, 1.807) is 36.4 Å². The van der Waals surface area contributed by atoms with Gasteiger partial charge in [0.25, 0.3) is 0 Å². The Kier molecular flexibility index (Phi) is 4.59. The van der Waals surface area contributed by atoms with Crippen LogP contribution < -0.4 is 0 Å². The van der Waals surface area contributed by atoms with E-state index in [1.165, 1.54) is 0 Å². The van der Waals surface area contributed by atoms with Gasteiger partial charge in [0.2, 0.25) is 0 Å². The van der Waals surface area contributed by atoms with Crippen LogP contribution in [0.3, 0.4) is 0 Å². The lowest BCUT2D eigenvalue weighted by Crippen LogP contribution is -2.11. The maximum Gasteiger partial charge on any atom is 0.184 e. The first kappa shape index (κ1) is 14.8. The number of hydrogen-bond donors (Lipinski definition) is 0. The Balaban J connectivity index is 2.42. The van der Waals surface area contributed by atoms with E-state index >= 15 is 0 Å². The van der Waals surface area contributed by atoms with Crippen molar-refractivity contribution in [2.45, 2.75) is 12.8 Å². The number of carbonyl (C=O) groups excluding carboxylic acids is 1. The molecule has 0 bridgehead atoms. The molecule has 2 aromatic carbocycles. The lowest BCUT2D eigenvalue weighted by atomic mass is 9.91. The van der Waals surface area contributed by atoms with Crippen molar-refractivity contribution in [1.29, 1.82) is 5.26 Å². The summed E-state index contributed by atoms with van der Waals surface area (Å²) in [6, 6.07) is 14.3. The molecule has 0 saturated heterocycles. The van der Waals surface area contributed by atoms with Gasteiger partial charge in [-0.25, -0.2) is 0 Å². The van der Waals surface area contributed by atoms with Crippen molar-refractivity contribution in [2.24, 2.45) is 0 Å². The average Bonchev–Trinajstić information content (AvgIpc) is 2.38. The topological polar surface area (TPSA) is 40.9 Å². The molecule has 2 rings (SSSR count). The summed E-state index contributed by atoms with van der Waals surface area (Å²) in [4.78, 5) is 12.5. The molecule has 1 atom stereocenters. The smallest absolute Gasteiger partial charge is 0.184 e. The number of aryl methyl sites for hydroxylation is 1. The van der Waals surface area contributed by atoms with Gasteiger partial charge in [0, 0.05) is 15.1 Å². The van der Waals surface area contributed by atoms with E-state index in [0.29, 0.717) is 16.1 Å². The van der Waals surface area contributed by atoms with Gasteiger partial charge in [-0.05, 0) is 48.4 Å². The largest absolute Gasteiger partial charge is 0.292 e. The van der Waals surface area contributed by atoms with Crippen LogP contribution in [0.4, 0.5) is 0 Å². The number of nitrogens with zero attached hydrogens (tertiary/aromatic N) is 1. The fraction of sp³-hybridized carbons (Fsp3) is 0.125. The quantitative estimate of drug-likeness (QED) is 0.740. The number of nitriles is 1. The van der Waals surface area contributed by atoms with Crippen molar-refractivity contribution in [3.63, 3.8) is 0 Å². The third kappa shape index (κ3) is 3.27. The lowest BCUT2D eigenvalue weighted by molar-refractivity contribution is 0.0978. The second-order valence-electron chi connectivity index (χ2n) is 4.50. The molecule has 0 radical (unpaired) electrons. The zero-order valence-corrected chi connectivity index (χ0v) is 13.1. The minimum absolute atomic E-state index is 0.223. The summed E-state index contributed by atoms with van der Waals surface area (Å²) < 4.78 is 0.823. The van der Waals surface area contributed by atoms with E-state index < -0.39 is 5.92 Å². The van der Waals surface area contributed by atoms with Crippen LogP contribution in [0.2, 0.25) is 5.02 Å². The molecule has 0 amide bonds. The monoisotopic (exact) mass is 347 g/mol. The van der Waals surface area contributed by atoms with E-state index in [-0.39, 0.29) is 5.78 Å². The van der Waals surface area contributed by atoms with Crippen LogP contribution >= 0.6 is 27.5 Å². The maximum atomic E-state index is 12.5. The Morgan fingerprint density at radius 2 is 2.05 bits per heavy atom. The first-order valence-electron chi connectivity index (χ1n) is 5.98. The number of halogens is 2. The highest BCUT2D eigenvalue weighted by Gasteiger charge is 2.22.